The van der Waals surface area contributed by atoms with Crippen molar-refractivity contribution in [2.24, 2.45) is 5.92 Å². The molecule has 4 rings (SSSR count). The van der Waals surface area contributed by atoms with Crippen molar-refractivity contribution < 1.29 is 14.1 Å². The summed E-state index contributed by atoms with van der Waals surface area (Å²) in [7, 11) is 1.64. The summed E-state index contributed by atoms with van der Waals surface area (Å²) in [5, 5.41) is 7.80. The Labute approximate surface area is 145 Å². The fourth-order valence-electron chi connectivity index (χ4n) is 3.01. The van der Waals surface area contributed by atoms with Crippen molar-refractivity contribution in [2.45, 2.75) is 25.8 Å². The quantitative estimate of drug-likeness (QED) is 0.772. The first-order valence-corrected chi connectivity index (χ1v) is 8.32. The third kappa shape index (κ3) is 3.07. The highest BCUT2D eigenvalue weighted by molar-refractivity contribution is 5.97. The largest absolute Gasteiger partial charge is 0.497 e. The minimum absolute atomic E-state index is 0.00215. The lowest BCUT2D eigenvalue weighted by Crippen LogP contribution is -2.30. The summed E-state index contributed by atoms with van der Waals surface area (Å²) in [6.45, 7) is 1.83. The smallest absolute Gasteiger partial charge is 0.257 e. The van der Waals surface area contributed by atoms with Gasteiger partial charge in [-0.05, 0) is 49.4 Å². The van der Waals surface area contributed by atoms with Gasteiger partial charge in [-0.1, -0.05) is 17.3 Å². The van der Waals surface area contributed by atoms with Crippen molar-refractivity contribution in [3.8, 4) is 5.75 Å². The number of nitrogens with one attached hydrogen (secondary N) is 1. The molecule has 1 amide bonds. The van der Waals surface area contributed by atoms with Gasteiger partial charge in [0.05, 0.1) is 29.8 Å². The summed E-state index contributed by atoms with van der Waals surface area (Å²) in [6, 6.07) is 9.64. The number of hydrogen-bond acceptors (Lipinski definition) is 5. The number of fused-ring (bicyclic) bond motifs is 1. The van der Waals surface area contributed by atoms with E-state index in [2.05, 4.69) is 15.5 Å². The van der Waals surface area contributed by atoms with Crippen molar-refractivity contribution in [1.29, 1.82) is 0 Å². The maximum Gasteiger partial charge on any atom is 0.257 e. The molecule has 1 aromatic carbocycles. The number of carbonyl (C=O) groups is 1. The first kappa shape index (κ1) is 15.6. The van der Waals surface area contributed by atoms with Crippen LogP contribution in [0.4, 0.5) is 0 Å². The Hall–Kier alpha value is -2.89. The number of aromatic nitrogens is 2. The van der Waals surface area contributed by atoms with Crippen molar-refractivity contribution in [3.63, 3.8) is 0 Å². The minimum Gasteiger partial charge on any atom is -0.497 e. The summed E-state index contributed by atoms with van der Waals surface area (Å²) in [4.78, 5) is 16.9. The molecule has 6 nitrogen and oxygen atoms in total. The number of nitrogens with zero attached hydrogens (tertiary/aromatic N) is 2. The van der Waals surface area contributed by atoms with Gasteiger partial charge in [0, 0.05) is 6.20 Å². The third-order valence-corrected chi connectivity index (χ3v) is 4.63. The molecule has 128 valence electrons. The average Bonchev–Trinajstić information content (AvgIpc) is 3.43. The van der Waals surface area contributed by atoms with E-state index in [0.29, 0.717) is 17.2 Å². The number of pyridine rings is 1. The van der Waals surface area contributed by atoms with Crippen LogP contribution >= 0.6 is 0 Å². The molecular weight excluding hydrogens is 318 g/mol. The fourth-order valence-corrected chi connectivity index (χ4v) is 3.01. The molecule has 2 heterocycles. The maximum absolute atomic E-state index is 12.7. The monoisotopic (exact) mass is 337 g/mol. The molecule has 3 aromatic rings. The highest BCUT2D eigenvalue weighted by Crippen LogP contribution is 2.41. The van der Waals surface area contributed by atoms with Gasteiger partial charge in [0.2, 0.25) is 0 Å². The fraction of sp³-hybridized carbons (Fsp3) is 0.316. The zero-order chi connectivity index (χ0) is 17.4. The first-order chi connectivity index (χ1) is 12.2. The van der Waals surface area contributed by atoms with Crippen molar-refractivity contribution in [3.05, 3.63) is 53.3 Å². The molecule has 1 N–H and O–H groups in total. The Kier molecular flexibility index (Phi) is 3.87. The number of ether oxygens (including phenoxy) is 1. The van der Waals surface area contributed by atoms with Gasteiger partial charge in [-0.3, -0.25) is 4.79 Å². The Morgan fingerprint density at radius 3 is 2.76 bits per heavy atom. The molecule has 2 aromatic heterocycles. The lowest BCUT2D eigenvalue weighted by molar-refractivity contribution is 0.0931. The lowest BCUT2D eigenvalue weighted by Gasteiger charge is -2.19. The number of rotatable bonds is 5. The summed E-state index contributed by atoms with van der Waals surface area (Å²) in [5.41, 5.74) is 2.78. The average molecular weight is 337 g/mol. The van der Waals surface area contributed by atoms with E-state index in [0.717, 1.165) is 35.2 Å². The second kappa shape index (κ2) is 6.20. The standard InChI is InChI=1S/C19H19N3O3/c1-11-16-9-14(10-20-19(16)25-22-11)18(23)21-17(12-3-4-12)13-5-7-15(24-2)8-6-13/h5-10,12,17H,3-4H2,1-2H3,(H,21,23)/t17-/m1/s1. The second-order valence-corrected chi connectivity index (χ2v) is 6.41. The molecule has 1 atom stereocenters. The van der Waals surface area contributed by atoms with E-state index in [1.54, 1.807) is 13.2 Å². The summed E-state index contributed by atoms with van der Waals surface area (Å²) < 4.78 is 10.3. The Balaban J connectivity index is 1.58. The summed E-state index contributed by atoms with van der Waals surface area (Å²) >= 11 is 0. The van der Waals surface area contributed by atoms with Crippen LogP contribution in [0.2, 0.25) is 0 Å². The summed E-state index contributed by atoms with van der Waals surface area (Å²) in [6.07, 6.45) is 3.78. The molecule has 0 spiro atoms. The van der Waals surface area contributed by atoms with E-state index in [-0.39, 0.29) is 11.9 Å². The Bertz CT molecular complexity index is 913. The molecule has 0 unspecified atom stereocenters. The van der Waals surface area contributed by atoms with Crippen LogP contribution in [0, 0.1) is 12.8 Å². The van der Waals surface area contributed by atoms with Gasteiger partial charge in [-0.15, -0.1) is 0 Å². The molecule has 1 aliphatic rings. The number of hydrogen-bond donors (Lipinski definition) is 1. The number of amides is 1. The van der Waals surface area contributed by atoms with Gasteiger partial charge in [0.15, 0.2) is 0 Å². The SMILES string of the molecule is COc1ccc([C@H](NC(=O)c2cnc3onc(C)c3c2)C2CC2)cc1. The topological polar surface area (TPSA) is 77.2 Å². The highest BCUT2D eigenvalue weighted by Gasteiger charge is 2.33. The van der Waals surface area contributed by atoms with Gasteiger partial charge < -0.3 is 14.6 Å². The number of benzene rings is 1. The Morgan fingerprint density at radius 1 is 1.32 bits per heavy atom. The normalized spacial score (nSPS) is 15.1. The molecule has 0 aliphatic heterocycles. The van der Waals surface area contributed by atoms with Gasteiger partial charge in [0.1, 0.15) is 5.75 Å². The molecule has 0 saturated heterocycles. The van der Waals surface area contributed by atoms with E-state index < -0.39 is 0 Å². The molecular formula is C19H19N3O3. The van der Waals surface area contributed by atoms with Crippen LogP contribution in [-0.2, 0) is 0 Å². The van der Waals surface area contributed by atoms with E-state index in [9.17, 15) is 4.79 Å². The van der Waals surface area contributed by atoms with Gasteiger partial charge >= 0.3 is 0 Å². The predicted octanol–water partition coefficient (Wildman–Crippen LogP) is 3.42. The molecule has 1 fully saturated rings. The van der Waals surface area contributed by atoms with E-state index in [1.807, 2.05) is 31.2 Å². The van der Waals surface area contributed by atoms with Crippen molar-refractivity contribution in [2.75, 3.05) is 7.11 Å². The molecule has 1 aliphatic carbocycles. The zero-order valence-electron chi connectivity index (χ0n) is 14.2. The van der Waals surface area contributed by atoms with Crippen LogP contribution < -0.4 is 10.1 Å². The number of carbonyl (C=O) groups excluding carboxylic acids is 1. The van der Waals surface area contributed by atoms with Crippen LogP contribution in [0.3, 0.4) is 0 Å². The van der Waals surface area contributed by atoms with Crippen LogP contribution in [-0.4, -0.2) is 23.2 Å². The van der Waals surface area contributed by atoms with Gasteiger partial charge in [-0.2, -0.15) is 0 Å². The van der Waals surface area contributed by atoms with Gasteiger partial charge in [0.25, 0.3) is 11.6 Å². The molecule has 25 heavy (non-hydrogen) atoms. The summed E-state index contributed by atoms with van der Waals surface area (Å²) in [5.74, 6) is 1.15. The van der Waals surface area contributed by atoms with Crippen molar-refractivity contribution >= 4 is 17.0 Å². The zero-order valence-corrected chi connectivity index (χ0v) is 14.2. The minimum atomic E-state index is -0.136. The third-order valence-electron chi connectivity index (χ3n) is 4.63. The maximum atomic E-state index is 12.7. The van der Waals surface area contributed by atoms with Crippen LogP contribution in [0.5, 0.6) is 5.75 Å². The molecule has 0 radical (unpaired) electrons. The van der Waals surface area contributed by atoms with E-state index >= 15 is 0 Å². The van der Waals surface area contributed by atoms with Crippen molar-refractivity contribution in [1.82, 2.24) is 15.5 Å². The first-order valence-electron chi connectivity index (χ1n) is 8.32. The van der Waals surface area contributed by atoms with Gasteiger partial charge in [-0.25, -0.2) is 4.98 Å². The van der Waals surface area contributed by atoms with E-state index in [1.165, 1.54) is 6.20 Å². The Morgan fingerprint density at radius 2 is 2.08 bits per heavy atom. The predicted molar refractivity (Wildman–Crippen MR) is 92.5 cm³/mol. The second-order valence-electron chi connectivity index (χ2n) is 6.41. The van der Waals surface area contributed by atoms with Crippen LogP contribution in [0.15, 0.2) is 41.1 Å². The molecule has 1 saturated carbocycles. The van der Waals surface area contributed by atoms with E-state index in [4.69, 9.17) is 9.26 Å². The van der Waals surface area contributed by atoms with Crippen LogP contribution in [0.25, 0.3) is 11.1 Å². The number of aryl methyl sites for hydroxylation is 1. The number of methoxy groups -OCH3 is 1. The highest BCUT2D eigenvalue weighted by atomic mass is 16.5. The molecule has 6 heteroatoms. The van der Waals surface area contributed by atoms with Crippen LogP contribution in [0.1, 0.15) is 40.5 Å². The molecule has 0 bridgehead atoms. The lowest BCUT2D eigenvalue weighted by atomic mass is 10.0.